The van der Waals surface area contributed by atoms with Crippen LogP contribution in [0.15, 0.2) is 16.7 Å². The van der Waals surface area contributed by atoms with Crippen LogP contribution < -0.4 is 0 Å². The normalized spacial score (nSPS) is 10.0. The van der Waals surface area contributed by atoms with Crippen molar-refractivity contribution >= 4 is 5.78 Å². The molecule has 11 heavy (non-hydrogen) atoms. The van der Waals surface area contributed by atoms with Crippen molar-refractivity contribution in [3.8, 4) is 0 Å². The SMILES string of the molecule is CC(=O)Cc1ccoc1CO. The van der Waals surface area contributed by atoms with Crippen LogP contribution in [0.25, 0.3) is 0 Å². The van der Waals surface area contributed by atoms with Crippen LogP contribution in [0, 0.1) is 0 Å². The van der Waals surface area contributed by atoms with Crippen LogP contribution in [0.4, 0.5) is 0 Å². The molecule has 1 aromatic rings. The molecule has 0 saturated heterocycles. The van der Waals surface area contributed by atoms with E-state index in [0.29, 0.717) is 12.2 Å². The molecule has 1 rings (SSSR count). The summed E-state index contributed by atoms with van der Waals surface area (Å²) in [4.78, 5) is 10.7. The van der Waals surface area contributed by atoms with E-state index in [2.05, 4.69) is 0 Å². The van der Waals surface area contributed by atoms with Gasteiger partial charge in [0.05, 0.1) is 6.26 Å². The van der Waals surface area contributed by atoms with Crippen LogP contribution in [-0.4, -0.2) is 10.9 Å². The highest BCUT2D eigenvalue weighted by Gasteiger charge is 2.06. The number of ketones is 1. The minimum absolute atomic E-state index is 0.0705. The highest BCUT2D eigenvalue weighted by Crippen LogP contribution is 2.10. The van der Waals surface area contributed by atoms with Gasteiger partial charge in [-0.3, -0.25) is 4.79 Å². The number of Topliss-reactive ketones (excluding diaryl/α,β-unsaturated/α-hetero) is 1. The maximum Gasteiger partial charge on any atom is 0.134 e. The molecule has 1 aromatic heterocycles. The van der Waals surface area contributed by atoms with E-state index < -0.39 is 0 Å². The van der Waals surface area contributed by atoms with Crippen LogP contribution >= 0.6 is 0 Å². The van der Waals surface area contributed by atoms with Crippen molar-refractivity contribution in [1.29, 1.82) is 0 Å². The smallest absolute Gasteiger partial charge is 0.134 e. The molecule has 0 aromatic carbocycles. The molecule has 0 bridgehead atoms. The van der Waals surface area contributed by atoms with Gasteiger partial charge < -0.3 is 9.52 Å². The monoisotopic (exact) mass is 154 g/mol. The highest BCUT2D eigenvalue weighted by molar-refractivity contribution is 5.78. The average Bonchev–Trinajstić information content (AvgIpc) is 2.34. The van der Waals surface area contributed by atoms with Crippen LogP contribution in [0.1, 0.15) is 18.2 Å². The van der Waals surface area contributed by atoms with E-state index in [1.54, 1.807) is 6.07 Å². The maximum atomic E-state index is 10.7. The van der Waals surface area contributed by atoms with Gasteiger partial charge in [-0.2, -0.15) is 0 Å². The maximum absolute atomic E-state index is 10.7. The molecule has 60 valence electrons. The Balaban J connectivity index is 2.76. The standard InChI is InChI=1S/C8H10O3/c1-6(10)4-7-2-3-11-8(7)5-9/h2-3,9H,4-5H2,1H3. The number of carbonyl (C=O) groups is 1. The lowest BCUT2D eigenvalue weighted by Crippen LogP contribution is -1.97. The van der Waals surface area contributed by atoms with Crippen molar-refractivity contribution < 1.29 is 14.3 Å². The molecule has 0 aliphatic heterocycles. The number of hydrogen-bond donors (Lipinski definition) is 1. The van der Waals surface area contributed by atoms with E-state index in [1.165, 1.54) is 13.2 Å². The third kappa shape index (κ3) is 1.91. The third-order valence-corrected chi connectivity index (χ3v) is 1.42. The minimum atomic E-state index is -0.143. The van der Waals surface area contributed by atoms with Gasteiger partial charge >= 0.3 is 0 Å². The molecule has 0 fully saturated rings. The van der Waals surface area contributed by atoms with E-state index in [4.69, 9.17) is 9.52 Å². The minimum Gasteiger partial charge on any atom is -0.467 e. The molecule has 0 aliphatic carbocycles. The Hall–Kier alpha value is -1.09. The fraction of sp³-hybridized carbons (Fsp3) is 0.375. The fourth-order valence-electron chi connectivity index (χ4n) is 0.931. The van der Waals surface area contributed by atoms with E-state index in [1.807, 2.05) is 0 Å². The predicted octanol–water partition coefficient (Wildman–Crippen LogP) is 0.903. The molecule has 0 saturated carbocycles. The number of carbonyl (C=O) groups excluding carboxylic acids is 1. The first kappa shape index (κ1) is 8.01. The van der Waals surface area contributed by atoms with E-state index in [0.717, 1.165) is 5.56 Å². The molecule has 3 nitrogen and oxygen atoms in total. The van der Waals surface area contributed by atoms with Crippen molar-refractivity contribution in [3.05, 3.63) is 23.7 Å². The summed E-state index contributed by atoms with van der Waals surface area (Å²) in [6.07, 6.45) is 1.82. The molecule has 1 N–H and O–H groups in total. The average molecular weight is 154 g/mol. The van der Waals surface area contributed by atoms with Crippen molar-refractivity contribution in [3.63, 3.8) is 0 Å². The van der Waals surface area contributed by atoms with Crippen LogP contribution in [0.2, 0.25) is 0 Å². The zero-order valence-corrected chi connectivity index (χ0v) is 6.33. The van der Waals surface area contributed by atoms with Gasteiger partial charge in [0.25, 0.3) is 0 Å². The summed E-state index contributed by atoms with van der Waals surface area (Å²) in [6.45, 7) is 1.36. The summed E-state index contributed by atoms with van der Waals surface area (Å²) in [6, 6.07) is 1.70. The zero-order chi connectivity index (χ0) is 8.27. The first-order chi connectivity index (χ1) is 5.24. The van der Waals surface area contributed by atoms with Crippen molar-refractivity contribution in [2.75, 3.05) is 0 Å². The molecule has 0 amide bonds. The predicted molar refractivity (Wildman–Crippen MR) is 39.0 cm³/mol. The lowest BCUT2D eigenvalue weighted by atomic mass is 10.1. The van der Waals surface area contributed by atoms with Crippen molar-refractivity contribution in [2.24, 2.45) is 0 Å². The van der Waals surface area contributed by atoms with Gasteiger partial charge in [0.15, 0.2) is 0 Å². The summed E-state index contributed by atoms with van der Waals surface area (Å²) in [5.41, 5.74) is 0.778. The molecule has 0 aliphatic rings. The number of hydrogen-bond acceptors (Lipinski definition) is 3. The van der Waals surface area contributed by atoms with Gasteiger partial charge in [0, 0.05) is 12.0 Å². The molecule has 0 radical (unpaired) electrons. The molecule has 3 heteroatoms. The Bertz CT molecular complexity index is 250. The largest absolute Gasteiger partial charge is 0.467 e. The van der Waals surface area contributed by atoms with E-state index in [-0.39, 0.29) is 12.4 Å². The van der Waals surface area contributed by atoms with Gasteiger partial charge in [0.2, 0.25) is 0 Å². The Kier molecular flexibility index (Phi) is 2.44. The Morgan fingerprint density at radius 2 is 2.45 bits per heavy atom. The van der Waals surface area contributed by atoms with E-state index >= 15 is 0 Å². The van der Waals surface area contributed by atoms with Gasteiger partial charge in [-0.25, -0.2) is 0 Å². The van der Waals surface area contributed by atoms with Crippen molar-refractivity contribution in [1.82, 2.24) is 0 Å². The third-order valence-electron chi connectivity index (χ3n) is 1.42. The second-order valence-corrected chi connectivity index (χ2v) is 2.41. The summed E-state index contributed by atoms with van der Waals surface area (Å²) >= 11 is 0. The molecule has 0 atom stereocenters. The topological polar surface area (TPSA) is 50.4 Å². The number of aliphatic hydroxyl groups is 1. The van der Waals surface area contributed by atoms with Crippen molar-refractivity contribution in [2.45, 2.75) is 20.0 Å². The summed E-state index contributed by atoms with van der Waals surface area (Å²) in [7, 11) is 0. The summed E-state index contributed by atoms with van der Waals surface area (Å²) in [5.74, 6) is 0.557. The highest BCUT2D eigenvalue weighted by atomic mass is 16.4. The summed E-state index contributed by atoms with van der Waals surface area (Å²) in [5, 5.41) is 8.72. The molecule has 0 spiro atoms. The summed E-state index contributed by atoms with van der Waals surface area (Å²) < 4.78 is 4.91. The van der Waals surface area contributed by atoms with Crippen LogP contribution in [0.5, 0.6) is 0 Å². The lowest BCUT2D eigenvalue weighted by molar-refractivity contribution is -0.116. The first-order valence-electron chi connectivity index (χ1n) is 3.39. The second-order valence-electron chi connectivity index (χ2n) is 2.41. The Labute approximate surface area is 64.6 Å². The Morgan fingerprint density at radius 3 is 3.00 bits per heavy atom. The lowest BCUT2D eigenvalue weighted by Gasteiger charge is -1.94. The second kappa shape index (κ2) is 3.34. The number of rotatable bonds is 3. The van der Waals surface area contributed by atoms with Gasteiger partial charge in [-0.15, -0.1) is 0 Å². The van der Waals surface area contributed by atoms with Crippen LogP contribution in [-0.2, 0) is 17.8 Å². The quantitative estimate of drug-likeness (QED) is 0.703. The number of aliphatic hydroxyl groups excluding tert-OH is 1. The fourth-order valence-corrected chi connectivity index (χ4v) is 0.931. The van der Waals surface area contributed by atoms with E-state index in [9.17, 15) is 4.79 Å². The Morgan fingerprint density at radius 1 is 1.73 bits per heavy atom. The molecule has 0 unspecified atom stereocenters. The van der Waals surface area contributed by atoms with Gasteiger partial charge in [0.1, 0.15) is 18.2 Å². The first-order valence-corrected chi connectivity index (χ1v) is 3.39. The van der Waals surface area contributed by atoms with Gasteiger partial charge in [-0.05, 0) is 13.0 Å². The number of furan rings is 1. The molecular weight excluding hydrogens is 144 g/mol. The molecular formula is C8H10O3. The van der Waals surface area contributed by atoms with Gasteiger partial charge in [-0.1, -0.05) is 0 Å². The zero-order valence-electron chi connectivity index (χ0n) is 6.33. The van der Waals surface area contributed by atoms with Crippen LogP contribution in [0.3, 0.4) is 0 Å². The molecule has 1 heterocycles.